The fourth-order valence-corrected chi connectivity index (χ4v) is 1.49. The van der Waals surface area contributed by atoms with Crippen LogP contribution in [0.15, 0.2) is 0 Å². The second kappa shape index (κ2) is 4.47. The Kier molecular flexibility index (Phi) is 3.54. The van der Waals surface area contributed by atoms with Crippen LogP contribution in [-0.4, -0.2) is 35.2 Å². The van der Waals surface area contributed by atoms with E-state index in [0.717, 1.165) is 0 Å². The highest BCUT2D eigenvalue weighted by Crippen LogP contribution is 2.15. The molecule has 0 aromatic heterocycles. The first kappa shape index (κ1) is 14.3. The van der Waals surface area contributed by atoms with Gasteiger partial charge in [-0.05, 0) is 34.6 Å². The first-order valence-electron chi connectivity index (χ1n) is 5.68. The number of hydrogen-bond acceptors (Lipinski definition) is 4. The highest BCUT2D eigenvalue weighted by Gasteiger charge is 2.47. The van der Waals surface area contributed by atoms with E-state index in [9.17, 15) is 14.4 Å². The zero-order chi connectivity index (χ0) is 14.1. The van der Waals surface area contributed by atoms with Crippen LogP contribution in [0.3, 0.4) is 0 Å². The summed E-state index contributed by atoms with van der Waals surface area (Å²) in [6.07, 6.45) is -0.634. The van der Waals surface area contributed by atoms with Gasteiger partial charge in [-0.15, -0.1) is 0 Å². The Labute approximate surface area is 106 Å². The molecule has 1 aliphatic heterocycles. The van der Waals surface area contributed by atoms with Crippen molar-refractivity contribution < 1.29 is 19.1 Å². The molecule has 1 rings (SSSR count). The number of alkyl carbamates (subject to hydrolysis) is 1. The highest BCUT2D eigenvalue weighted by molar-refractivity contribution is 6.07. The van der Waals surface area contributed by atoms with Crippen LogP contribution >= 0.6 is 0 Å². The molecule has 0 unspecified atom stereocenters. The van der Waals surface area contributed by atoms with Crippen molar-refractivity contribution in [1.29, 1.82) is 0 Å². The molecular weight excluding hydrogens is 238 g/mol. The van der Waals surface area contributed by atoms with Gasteiger partial charge in [0.05, 0.1) is 6.04 Å². The van der Waals surface area contributed by atoms with Crippen LogP contribution in [0.5, 0.6) is 0 Å². The van der Waals surface area contributed by atoms with E-state index in [4.69, 9.17) is 4.74 Å². The summed E-state index contributed by atoms with van der Waals surface area (Å²) in [7, 11) is 0. The molecule has 1 heterocycles. The van der Waals surface area contributed by atoms with Crippen molar-refractivity contribution in [3.05, 3.63) is 0 Å². The van der Waals surface area contributed by atoms with Gasteiger partial charge in [0.25, 0.3) is 5.91 Å². The molecule has 0 aromatic rings. The minimum atomic E-state index is -1.17. The largest absolute Gasteiger partial charge is 0.444 e. The zero-order valence-electron chi connectivity index (χ0n) is 11.2. The molecule has 0 radical (unpaired) electrons. The standard InChI is InChI=1S/C11H19N3O4/c1-6(12-9(17)18-10(2,3)4)11(5)7(15)13-8(16)14-11/h6H,1-5H3,(H,12,17)(H2,13,14,15,16)/t6-,11+/m1/s1. The van der Waals surface area contributed by atoms with E-state index in [1.807, 2.05) is 0 Å². The van der Waals surface area contributed by atoms with Crippen LogP contribution in [0.25, 0.3) is 0 Å². The molecule has 0 aliphatic carbocycles. The van der Waals surface area contributed by atoms with Crippen LogP contribution in [0.2, 0.25) is 0 Å². The Morgan fingerprint density at radius 1 is 1.39 bits per heavy atom. The van der Waals surface area contributed by atoms with Crippen LogP contribution in [0, 0.1) is 0 Å². The number of urea groups is 1. The van der Waals surface area contributed by atoms with Crippen LogP contribution in [-0.2, 0) is 9.53 Å². The second-order valence-electron chi connectivity index (χ2n) is 5.48. The first-order chi connectivity index (χ1) is 8.04. The third-order valence-electron chi connectivity index (χ3n) is 2.67. The van der Waals surface area contributed by atoms with Crippen molar-refractivity contribution in [2.75, 3.05) is 0 Å². The van der Waals surface area contributed by atoms with Gasteiger partial charge >= 0.3 is 12.1 Å². The maximum absolute atomic E-state index is 11.6. The lowest BCUT2D eigenvalue weighted by Crippen LogP contribution is -2.59. The highest BCUT2D eigenvalue weighted by atomic mass is 16.6. The number of hydrogen-bond donors (Lipinski definition) is 3. The molecule has 3 N–H and O–H groups in total. The van der Waals surface area contributed by atoms with Crippen molar-refractivity contribution in [2.24, 2.45) is 0 Å². The first-order valence-corrected chi connectivity index (χ1v) is 5.68. The SMILES string of the molecule is C[C@@H](NC(=O)OC(C)(C)C)[C@]1(C)NC(=O)NC1=O. The summed E-state index contributed by atoms with van der Waals surface area (Å²) < 4.78 is 5.08. The average molecular weight is 257 g/mol. The number of imide groups is 1. The lowest BCUT2D eigenvalue weighted by Gasteiger charge is -2.30. The van der Waals surface area contributed by atoms with Crippen LogP contribution in [0.4, 0.5) is 9.59 Å². The Bertz CT molecular complexity index is 388. The van der Waals surface area contributed by atoms with E-state index >= 15 is 0 Å². The number of ether oxygens (including phenoxy) is 1. The predicted octanol–water partition coefficient (Wildman–Crippen LogP) is 0.498. The minimum Gasteiger partial charge on any atom is -0.444 e. The maximum Gasteiger partial charge on any atom is 0.407 e. The Morgan fingerprint density at radius 2 is 1.94 bits per heavy atom. The van der Waals surface area contributed by atoms with Gasteiger partial charge in [-0.2, -0.15) is 0 Å². The number of carbonyl (C=O) groups is 3. The van der Waals surface area contributed by atoms with Gasteiger partial charge in [0.1, 0.15) is 11.1 Å². The Morgan fingerprint density at radius 3 is 2.33 bits per heavy atom. The molecule has 0 aromatic carbocycles. The molecule has 1 aliphatic rings. The van der Waals surface area contributed by atoms with E-state index < -0.39 is 35.2 Å². The Hall–Kier alpha value is -1.79. The molecule has 0 bridgehead atoms. The van der Waals surface area contributed by atoms with Gasteiger partial charge in [-0.3, -0.25) is 10.1 Å². The van der Waals surface area contributed by atoms with Gasteiger partial charge < -0.3 is 15.4 Å². The lowest BCUT2D eigenvalue weighted by molar-refractivity contribution is -0.124. The zero-order valence-corrected chi connectivity index (χ0v) is 11.2. The third kappa shape index (κ3) is 3.12. The van der Waals surface area contributed by atoms with Crippen molar-refractivity contribution in [1.82, 2.24) is 16.0 Å². The van der Waals surface area contributed by atoms with Crippen molar-refractivity contribution in [3.8, 4) is 0 Å². The summed E-state index contributed by atoms with van der Waals surface area (Å²) in [6, 6.07) is -1.17. The fraction of sp³-hybridized carbons (Fsp3) is 0.727. The lowest BCUT2D eigenvalue weighted by atomic mass is 9.94. The number of rotatable bonds is 2. The number of nitrogens with one attached hydrogen (secondary N) is 3. The van der Waals surface area contributed by atoms with Gasteiger partial charge in [0, 0.05) is 0 Å². The quantitative estimate of drug-likeness (QED) is 0.627. The van der Waals surface area contributed by atoms with Gasteiger partial charge in [0.2, 0.25) is 0 Å². The molecule has 7 heteroatoms. The molecule has 1 fully saturated rings. The monoisotopic (exact) mass is 257 g/mol. The molecule has 4 amide bonds. The Balaban J connectivity index is 2.66. The van der Waals surface area contributed by atoms with Crippen molar-refractivity contribution in [3.63, 3.8) is 0 Å². The topological polar surface area (TPSA) is 96.5 Å². The molecule has 0 saturated carbocycles. The van der Waals surface area contributed by atoms with Gasteiger partial charge in [-0.25, -0.2) is 9.59 Å². The summed E-state index contributed by atoms with van der Waals surface area (Å²) in [6.45, 7) is 8.37. The summed E-state index contributed by atoms with van der Waals surface area (Å²) in [5.74, 6) is -0.476. The van der Waals surface area contributed by atoms with E-state index in [1.54, 1.807) is 27.7 Å². The molecule has 102 valence electrons. The summed E-state index contributed by atoms with van der Waals surface area (Å²) in [5.41, 5.74) is -1.79. The van der Waals surface area contributed by atoms with Crippen LogP contribution in [0.1, 0.15) is 34.6 Å². The molecular formula is C11H19N3O4. The van der Waals surface area contributed by atoms with Gasteiger partial charge in [-0.1, -0.05) is 0 Å². The summed E-state index contributed by atoms with van der Waals surface area (Å²) in [5, 5.41) is 7.14. The minimum absolute atomic E-state index is 0.476. The van der Waals surface area contributed by atoms with Crippen molar-refractivity contribution in [2.45, 2.75) is 51.8 Å². The molecule has 18 heavy (non-hydrogen) atoms. The summed E-state index contributed by atoms with van der Waals surface area (Å²) in [4.78, 5) is 34.3. The maximum atomic E-state index is 11.6. The normalized spacial score (nSPS) is 25.2. The van der Waals surface area contributed by atoms with E-state index in [1.165, 1.54) is 6.92 Å². The molecule has 1 saturated heterocycles. The van der Waals surface area contributed by atoms with Crippen LogP contribution < -0.4 is 16.0 Å². The predicted molar refractivity (Wildman–Crippen MR) is 63.9 cm³/mol. The molecule has 0 spiro atoms. The summed E-state index contributed by atoms with van der Waals surface area (Å²) >= 11 is 0. The van der Waals surface area contributed by atoms with Gasteiger partial charge in [0.15, 0.2) is 0 Å². The van der Waals surface area contributed by atoms with E-state index in [2.05, 4.69) is 16.0 Å². The average Bonchev–Trinajstić information content (AvgIpc) is 2.37. The molecule has 7 nitrogen and oxygen atoms in total. The third-order valence-corrected chi connectivity index (χ3v) is 2.67. The number of carbonyl (C=O) groups excluding carboxylic acids is 3. The number of amides is 4. The fourth-order valence-electron chi connectivity index (χ4n) is 1.49. The van der Waals surface area contributed by atoms with E-state index in [0.29, 0.717) is 0 Å². The smallest absolute Gasteiger partial charge is 0.407 e. The van der Waals surface area contributed by atoms with Crippen molar-refractivity contribution >= 4 is 18.0 Å². The van der Waals surface area contributed by atoms with E-state index in [-0.39, 0.29) is 0 Å². The second-order valence-corrected chi connectivity index (χ2v) is 5.48. The molecule has 2 atom stereocenters.